The first-order valence-electron chi connectivity index (χ1n) is 10.1. The molecule has 0 spiro atoms. The van der Waals surface area contributed by atoms with E-state index >= 15 is 0 Å². The highest BCUT2D eigenvalue weighted by Crippen LogP contribution is 2.31. The van der Waals surface area contributed by atoms with Gasteiger partial charge >= 0.3 is 0 Å². The number of carbonyl (C=O) groups excluding carboxylic acids is 1. The summed E-state index contributed by atoms with van der Waals surface area (Å²) in [5.41, 5.74) is 0.864. The second-order valence-electron chi connectivity index (χ2n) is 7.65. The van der Waals surface area contributed by atoms with E-state index in [1.54, 1.807) is 11.9 Å². The number of rotatable bonds is 6. The summed E-state index contributed by atoms with van der Waals surface area (Å²) in [5, 5.41) is 0.381. The van der Waals surface area contributed by atoms with Crippen LogP contribution in [0.1, 0.15) is 23.2 Å². The Morgan fingerprint density at radius 1 is 1.35 bits per heavy atom. The van der Waals surface area contributed by atoms with Crippen molar-refractivity contribution in [2.24, 2.45) is 0 Å². The van der Waals surface area contributed by atoms with Crippen molar-refractivity contribution in [3.8, 4) is 11.5 Å². The van der Waals surface area contributed by atoms with E-state index in [2.05, 4.69) is 9.97 Å². The summed E-state index contributed by atoms with van der Waals surface area (Å²) in [4.78, 5) is 36.2. The zero-order valence-corrected chi connectivity index (χ0v) is 19.6. The van der Waals surface area contributed by atoms with Crippen molar-refractivity contribution in [3.05, 3.63) is 50.9 Å². The van der Waals surface area contributed by atoms with Gasteiger partial charge in [-0.3, -0.25) is 9.59 Å². The van der Waals surface area contributed by atoms with E-state index in [-0.39, 0.29) is 22.8 Å². The second-order valence-corrected chi connectivity index (χ2v) is 10.2. The number of benzene rings is 1. The number of fused-ring (bicyclic) bond motifs is 2. The molecule has 1 aliphatic rings. The number of aromatic nitrogens is 2. The molecule has 2 atom stereocenters. The van der Waals surface area contributed by atoms with E-state index in [9.17, 15) is 9.59 Å². The molecule has 0 saturated heterocycles. The van der Waals surface area contributed by atoms with Crippen LogP contribution in [0, 0.1) is 13.8 Å². The Balaban J connectivity index is 1.34. The molecular weight excluding hydrogens is 434 g/mol. The largest absolute Gasteiger partial charge is 0.486 e. The minimum atomic E-state index is -0.283. The van der Waals surface area contributed by atoms with E-state index in [0.717, 1.165) is 21.0 Å². The minimum Gasteiger partial charge on any atom is -0.486 e. The van der Waals surface area contributed by atoms with Gasteiger partial charge in [0.05, 0.1) is 22.9 Å². The van der Waals surface area contributed by atoms with Gasteiger partial charge in [0.1, 0.15) is 17.3 Å². The lowest BCUT2D eigenvalue weighted by molar-refractivity contribution is -0.130. The molecule has 4 rings (SSSR count). The van der Waals surface area contributed by atoms with E-state index in [1.165, 1.54) is 23.1 Å². The molecule has 0 unspecified atom stereocenters. The van der Waals surface area contributed by atoms with Gasteiger partial charge in [0.25, 0.3) is 5.56 Å². The van der Waals surface area contributed by atoms with Crippen LogP contribution in [0.25, 0.3) is 10.2 Å². The number of H-pyrrole nitrogens is 1. The van der Waals surface area contributed by atoms with Crippen LogP contribution in [0.4, 0.5) is 0 Å². The molecule has 1 aliphatic heterocycles. The van der Waals surface area contributed by atoms with E-state index in [0.29, 0.717) is 35.9 Å². The molecule has 7 nitrogen and oxygen atoms in total. The number of para-hydroxylation sites is 2. The number of carbonyl (C=O) groups is 1. The number of ether oxygens (including phenoxy) is 2. The summed E-state index contributed by atoms with van der Waals surface area (Å²) >= 11 is 2.98. The third-order valence-electron chi connectivity index (χ3n) is 5.33. The average Bonchev–Trinajstić information content (AvgIpc) is 3.05. The van der Waals surface area contributed by atoms with Crippen molar-refractivity contribution < 1.29 is 14.3 Å². The number of nitrogens with one attached hydrogen (secondary N) is 1. The smallest absolute Gasteiger partial charge is 0.259 e. The second kappa shape index (κ2) is 8.92. The van der Waals surface area contributed by atoms with Gasteiger partial charge in [0, 0.05) is 11.9 Å². The van der Waals surface area contributed by atoms with Gasteiger partial charge in [0.2, 0.25) is 5.91 Å². The number of thioether (sulfide) groups is 1. The first-order valence-corrected chi connectivity index (χ1v) is 11.9. The number of hydrogen-bond donors (Lipinski definition) is 1. The first kappa shape index (κ1) is 21.7. The summed E-state index contributed by atoms with van der Waals surface area (Å²) in [5.74, 6) is 2.47. The topological polar surface area (TPSA) is 84.5 Å². The maximum atomic E-state index is 12.8. The van der Waals surface area contributed by atoms with Crippen LogP contribution in [0.3, 0.4) is 0 Å². The minimum absolute atomic E-state index is 0.00121. The maximum absolute atomic E-state index is 12.8. The predicted octanol–water partition coefficient (Wildman–Crippen LogP) is 3.52. The molecule has 0 aliphatic carbocycles. The molecule has 9 heteroatoms. The van der Waals surface area contributed by atoms with Gasteiger partial charge in [0.15, 0.2) is 17.6 Å². The molecule has 3 heterocycles. The lowest BCUT2D eigenvalue weighted by Crippen LogP contribution is -2.44. The lowest BCUT2D eigenvalue weighted by Gasteiger charge is -2.30. The van der Waals surface area contributed by atoms with Crippen molar-refractivity contribution in [1.82, 2.24) is 14.9 Å². The number of nitrogens with zero attached hydrogens (tertiary/aromatic N) is 2. The average molecular weight is 460 g/mol. The summed E-state index contributed by atoms with van der Waals surface area (Å²) in [6.45, 7) is 6.64. The van der Waals surface area contributed by atoms with Gasteiger partial charge in [-0.15, -0.1) is 23.1 Å². The zero-order valence-electron chi connectivity index (χ0n) is 17.9. The highest BCUT2D eigenvalue weighted by atomic mass is 32.2. The molecule has 2 aromatic heterocycles. The van der Waals surface area contributed by atoms with Gasteiger partial charge in [-0.2, -0.15) is 0 Å². The van der Waals surface area contributed by atoms with E-state index in [1.807, 2.05) is 45.0 Å². The highest BCUT2D eigenvalue weighted by molar-refractivity contribution is 7.99. The van der Waals surface area contributed by atoms with Crippen molar-refractivity contribution in [3.63, 3.8) is 0 Å². The van der Waals surface area contributed by atoms with Crippen LogP contribution in [0.15, 0.2) is 29.1 Å². The van der Waals surface area contributed by atoms with E-state index in [4.69, 9.17) is 9.47 Å². The third-order valence-corrected chi connectivity index (χ3v) is 7.57. The Kier molecular flexibility index (Phi) is 6.24. The zero-order chi connectivity index (χ0) is 22.1. The summed E-state index contributed by atoms with van der Waals surface area (Å²) < 4.78 is 11.7. The molecule has 31 heavy (non-hydrogen) atoms. The fraction of sp³-hybridized carbons (Fsp3) is 0.409. The number of amides is 1. The Morgan fingerprint density at radius 3 is 2.87 bits per heavy atom. The fourth-order valence-corrected chi connectivity index (χ4v) is 5.42. The summed E-state index contributed by atoms with van der Waals surface area (Å²) in [6, 6.07) is 7.53. The highest BCUT2D eigenvalue weighted by Gasteiger charge is 2.26. The molecule has 0 saturated carbocycles. The molecule has 1 aromatic carbocycles. The Bertz CT molecular complexity index is 1170. The van der Waals surface area contributed by atoms with Crippen LogP contribution in [-0.2, 0) is 10.5 Å². The molecule has 164 valence electrons. The van der Waals surface area contributed by atoms with Gasteiger partial charge < -0.3 is 19.4 Å². The standard InChI is InChI=1S/C22H25N3O4S2/c1-12-13(2)31-21-19(12)20(26)23-18(24-21)11-30-14(3)22(27)25(4)9-15-10-28-16-7-5-6-8-17(16)29-15/h5-8,14-15H,9-11H2,1-4H3,(H,23,24,26)/t14-,15+/m0/s1. The Hall–Kier alpha value is -2.52. The predicted molar refractivity (Wildman–Crippen MR) is 124 cm³/mol. The molecule has 3 aromatic rings. The molecule has 0 radical (unpaired) electrons. The van der Waals surface area contributed by atoms with Crippen LogP contribution < -0.4 is 15.0 Å². The van der Waals surface area contributed by atoms with Crippen molar-refractivity contribution in [1.29, 1.82) is 0 Å². The quantitative estimate of drug-likeness (QED) is 0.607. The van der Waals surface area contributed by atoms with Crippen molar-refractivity contribution in [2.75, 3.05) is 20.2 Å². The van der Waals surface area contributed by atoms with Gasteiger partial charge in [-0.1, -0.05) is 12.1 Å². The van der Waals surface area contributed by atoms with Crippen molar-refractivity contribution in [2.45, 2.75) is 37.9 Å². The summed E-state index contributed by atoms with van der Waals surface area (Å²) in [6.07, 6.45) is -0.216. The Labute approximate surface area is 188 Å². The monoisotopic (exact) mass is 459 g/mol. The third kappa shape index (κ3) is 4.57. The number of hydrogen-bond acceptors (Lipinski definition) is 7. The van der Waals surface area contributed by atoms with Crippen LogP contribution in [-0.4, -0.2) is 52.3 Å². The van der Waals surface area contributed by atoms with Gasteiger partial charge in [-0.25, -0.2) is 4.98 Å². The van der Waals surface area contributed by atoms with Crippen molar-refractivity contribution >= 4 is 39.2 Å². The molecule has 0 fully saturated rings. The van der Waals surface area contributed by atoms with Gasteiger partial charge in [-0.05, 0) is 38.5 Å². The number of likely N-dealkylation sites (N-methyl/N-ethyl adjacent to an activating group) is 1. The first-order chi connectivity index (χ1) is 14.8. The van der Waals surface area contributed by atoms with Crippen LogP contribution in [0.2, 0.25) is 0 Å². The maximum Gasteiger partial charge on any atom is 0.259 e. The molecule has 1 N–H and O–H groups in total. The number of thiophene rings is 1. The SMILES string of the molecule is Cc1sc2nc(CS[C@@H](C)C(=O)N(C)C[C@@H]3COc4ccccc4O3)[nH]c(=O)c2c1C. The summed E-state index contributed by atoms with van der Waals surface area (Å²) in [7, 11) is 1.77. The van der Waals surface area contributed by atoms with E-state index < -0.39 is 0 Å². The Morgan fingerprint density at radius 2 is 2.10 bits per heavy atom. The number of aromatic amines is 1. The normalized spacial score (nSPS) is 16.3. The van der Waals surface area contributed by atoms with Crippen LogP contribution in [0.5, 0.6) is 11.5 Å². The molecular formula is C22H25N3O4S2. The fourth-order valence-electron chi connectivity index (χ4n) is 3.50. The van der Waals surface area contributed by atoms with Crippen LogP contribution >= 0.6 is 23.1 Å². The lowest BCUT2D eigenvalue weighted by atomic mass is 10.2. The number of aryl methyl sites for hydroxylation is 2. The molecule has 1 amide bonds. The molecule has 0 bridgehead atoms.